The number of amides is 1. The molecule has 7 heteroatoms. The second kappa shape index (κ2) is 4.23. The Hall–Kier alpha value is -3.09. The van der Waals surface area contributed by atoms with Crippen molar-refractivity contribution < 1.29 is 4.79 Å². The monoisotopic (exact) mass is 268 g/mol. The normalized spacial score (nSPS) is 10.8. The molecule has 20 heavy (non-hydrogen) atoms. The molecular weight excluding hydrogens is 256 g/mol. The van der Waals surface area contributed by atoms with Gasteiger partial charge < -0.3 is 17.2 Å². The van der Waals surface area contributed by atoms with Crippen LogP contribution < -0.4 is 17.2 Å². The highest BCUT2D eigenvalue weighted by Gasteiger charge is 2.19. The predicted octanol–water partition coefficient (Wildman–Crippen LogP) is 0.660. The van der Waals surface area contributed by atoms with Gasteiger partial charge in [0, 0.05) is 17.4 Å². The molecule has 0 aliphatic carbocycles. The Kier molecular flexibility index (Phi) is 2.53. The Bertz CT molecular complexity index is 806. The molecule has 1 aromatic carbocycles. The van der Waals surface area contributed by atoms with Crippen LogP contribution in [0, 0.1) is 0 Å². The molecule has 0 unspecified atom stereocenters. The summed E-state index contributed by atoms with van der Waals surface area (Å²) < 4.78 is 1.49. The van der Waals surface area contributed by atoms with Crippen molar-refractivity contribution in [2.45, 2.75) is 0 Å². The molecule has 0 aliphatic rings. The van der Waals surface area contributed by atoms with Crippen LogP contribution in [-0.2, 0) is 0 Å². The van der Waals surface area contributed by atoms with E-state index < -0.39 is 5.91 Å². The van der Waals surface area contributed by atoms with Crippen LogP contribution in [0.25, 0.3) is 16.6 Å². The number of fused-ring (bicyclic) bond motifs is 1. The number of carbonyl (C=O) groups is 1. The van der Waals surface area contributed by atoms with Gasteiger partial charge in [-0.25, -0.2) is 9.50 Å². The van der Waals surface area contributed by atoms with E-state index in [1.165, 1.54) is 10.8 Å². The fourth-order valence-electron chi connectivity index (χ4n) is 2.16. The van der Waals surface area contributed by atoms with Gasteiger partial charge in [-0.15, -0.1) is 0 Å². The molecule has 3 rings (SSSR count). The molecule has 0 saturated heterocycles. The molecule has 7 nitrogen and oxygen atoms in total. The van der Waals surface area contributed by atoms with Gasteiger partial charge in [0.15, 0.2) is 5.82 Å². The van der Waals surface area contributed by atoms with E-state index in [9.17, 15) is 4.79 Å². The number of aromatic nitrogens is 3. The Labute approximate surface area is 114 Å². The average molecular weight is 268 g/mol. The zero-order valence-electron chi connectivity index (χ0n) is 10.4. The Morgan fingerprint density at radius 3 is 2.50 bits per heavy atom. The lowest BCUT2D eigenvalue weighted by molar-refractivity contribution is 0.100. The maximum absolute atomic E-state index is 11.6. The van der Waals surface area contributed by atoms with E-state index in [1.807, 2.05) is 0 Å². The largest absolute Gasteiger partial charge is 0.399 e. The van der Waals surface area contributed by atoms with Gasteiger partial charge in [0.05, 0.1) is 5.56 Å². The number of primary amides is 1. The summed E-state index contributed by atoms with van der Waals surface area (Å²) >= 11 is 0. The van der Waals surface area contributed by atoms with Crippen molar-refractivity contribution in [3.63, 3.8) is 0 Å². The van der Waals surface area contributed by atoms with Crippen molar-refractivity contribution in [2.24, 2.45) is 5.73 Å². The van der Waals surface area contributed by atoms with Crippen LogP contribution in [0.4, 0.5) is 11.5 Å². The fraction of sp³-hybridized carbons (Fsp3) is 0. The minimum absolute atomic E-state index is 0.277. The lowest BCUT2D eigenvalue weighted by atomic mass is 10.0. The van der Waals surface area contributed by atoms with E-state index >= 15 is 0 Å². The van der Waals surface area contributed by atoms with Crippen molar-refractivity contribution in [3.05, 3.63) is 42.4 Å². The molecule has 0 aliphatic heterocycles. The number of nitrogens with two attached hydrogens (primary N) is 3. The number of nitrogen functional groups attached to an aromatic ring is 2. The number of hydrogen-bond donors (Lipinski definition) is 3. The fourth-order valence-corrected chi connectivity index (χ4v) is 2.16. The summed E-state index contributed by atoms with van der Waals surface area (Å²) in [5, 5.41) is 4.04. The zero-order chi connectivity index (χ0) is 14.3. The van der Waals surface area contributed by atoms with E-state index in [0.29, 0.717) is 22.3 Å². The number of rotatable bonds is 2. The van der Waals surface area contributed by atoms with Gasteiger partial charge in [0.2, 0.25) is 0 Å². The minimum atomic E-state index is -0.554. The third-order valence-electron chi connectivity index (χ3n) is 3.07. The van der Waals surface area contributed by atoms with Crippen LogP contribution >= 0.6 is 0 Å². The average Bonchev–Trinajstić information content (AvgIpc) is 2.81. The van der Waals surface area contributed by atoms with Gasteiger partial charge in [-0.3, -0.25) is 4.79 Å². The van der Waals surface area contributed by atoms with Crippen molar-refractivity contribution in [2.75, 3.05) is 11.5 Å². The summed E-state index contributed by atoms with van der Waals surface area (Å²) in [6.45, 7) is 0. The molecule has 0 saturated carbocycles. The summed E-state index contributed by atoms with van der Waals surface area (Å²) in [6, 6.07) is 7.07. The highest BCUT2D eigenvalue weighted by atomic mass is 16.1. The molecule has 0 bridgehead atoms. The van der Waals surface area contributed by atoms with Gasteiger partial charge >= 0.3 is 0 Å². The second-order valence-electron chi connectivity index (χ2n) is 4.34. The summed E-state index contributed by atoms with van der Waals surface area (Å²) in [4.78, 5) is 15.6. The number of benzene rings is 1. The highest BCUT2D eigenvalue weighted by Crippen LogP contribution is 2.32. The molecule has 100 valence electrons. The SMILES string of the molecule is NC(=O)c1cn2ncnc(N)c2c1-c1ccc(N)cc1. The lowest BCUT2D eigenvalue weighted by Gasteiger charge is -2.04. The van der Waals surface area contributed by atoms with E-state index in [4.69, 9.17) is 17.2 Å². The third kappa shape index (κ3) is 1.72. The van der Waals surface area contributed by atoms with E-state index in [1.54, 1.807) is 30.5 Å². The molecule has 6 N–H and O–H groups in total. The van der Waals surface area contributed by atoms with Crippen LogP contribution in [0.5, 0.6) is 0 Å². The molecular formula is C13H12N6O. The molecule has 0 radical (unpaired) electrons. The van der Waals surface area contributed by atoms with Crippen molar-refractivity contribution in [1.29, 1.82) is 0 Å². The summed E-state index contributed by atoms with van der Waals surface area (Å²) in [5.41, 5.74) is 19.9. The van der Waals surface area contributed by atoms with Crippen LogP contribution in [0.15, 0.2) is 36.8 Å². The van der Waals surface area contributed by atoms with Gasteiger partial charge in [0.25, 0.3) is 5.91 Å². The van der Waals surface area contributed by atoms with Crippen LogP contribution in [0.2, 0.25) is 0 Å². The van der Waals surface area contributed by atoms with Crippen molar-refractivity contribution in [3.8, 4) is 11.1 Å². The van der Waals surface area contributed by atoms with Crippen LogP contribution in [-0.4, -0.2) is 20.5 Å². The highest BCUT2D eigenvalue weighted by molar-refractivity contribution is 6.06. The third-order valence-corrected chi connectivity index (χ3v) is 3.07. The van der Waals surface area contributed by atoms with E-state index in [0.717, 1.165) is 5.56 Å². The standard InChI is InChI=1S/C13H12N6O/c14-8-3-1-7(2-4-8)10-9(13(16)20)5-19-11(10)12(15)17-6-18-19/h1-6H,14H2,(H2,16,20)(H2,15,17,18). The Morgan fingerprint density at radius 1 is 1.15 bits per heavy atom. The Balaban J connectivity index is 2.39. The molecule has 0 spiro atoms. The number of anilines is 2. The molecule has 2 aromatic heterocycles. The summed E-state index contributed by atoms with van der Waals surface area (Å²) in [5.74, 6) is -0.277. The second-order valence-corrected chi connectivity index (χ2v) is 4.34. The number of nitrogens with zero attached hydrogens (tertiary/aromatic N) is 3. The first-order valence-electron chi connectivity index (χ1n) is 5.85. The Morgan fingerprint density at radius 2 is 1.85 bits per heavy atom. The predicted molar refractivity (Wildman–Crippen MR) is 75.8 cm³/mol. The quantitative estimate of drug-likeness (QED) is 0.588. The maximum Gasteiger partial charge on any atom is 0.250 e. The van der Waals surface area contributed by atoms with E-state index in [2.05, 4.69) is 10.1 Å². The van der Waals surface area contributed by atoms with Gasteiger partial charge in [0.1, 0.15) is 11.8 Å². The van der Waals surface area contributed by atoms with Gasteiger partial charge in [-0.2, -0.15) is 5.10 Å². The van der Waals surface area contributed by atoms with Gasteiger partial charge in [-0.05, 0) is 17.7 Å². The minimum Gasteiger partial charge on any atom is -0.399 e. The topological polar surface area (TPSA) is 125 Å². The molecule has 0 atom stereocenters. The van der Waals surface area contributed by atoms with Crippen LogP contribution in [0.1, 0.15) is 10.4 Å². The zero-order valence-corrected chi connectivity index (χ0v) is 10.4. The summed E-state index contributed by atoms with van der Waals surface area (Å²) in [7, 11) is 0. The van der Waals surface area contributed by atoms with Crippen molar-refractivity contribution >= 4 is 22.9 Å². The first-order chi connectivity index (χ1) is 9.58. The first-order valence-corrected chi connectivity index (χ1v) is 5.85. The van der Waals surface area contributed by atoms with Crippen molar-refractivity contribution in [1.82, 2.24) is 14.6 Å². The maximum atomic E-state index is 11.6. The number of carbonyl (C=O) groups excluding carboxylic acids is 1. The van der Waals surface area contributed by atoms with Crippen LogP contribution in [0.3, 0.4) is 0 Å². The van der Waals surface area contributed by atoms with E-state index in [-0.39, 0.29) is 5.82 Å². The molecule has 1 amide bonds. The molecule has 0 fully saturated rings. The lowest BCUT2D eigenvalue weighted by Crippen LogP contribution is -2.11. The molecule has 3 aromatic rings. The first kappa shape index (κ1) is 12.0. The van der Waals surface area contributed by atoms with Gasteiger partial charge in [-0.1, -0.05) is 12.1 Å². The summed E-state index contributed by atoms with van der Waals surface area (Å²) in [6.07, 6.45) is 2.86. The molecule has 2 heterocycles. The smallest absolute Gasteiger partial charge is 0.250 e. The number of hydrogen-bond acceptors (Lipinski definition) is 5.